The maximum absolute atomic E-state index is 9.27. The van der Waals surface area contributed by atoms with Crippen LogP contribution in [-0.4, -0.2) is 25.3 Å². The summed E-state index contributed by atoms with van der Waals surface area (Å²) in [5, 5.41) is 10.4. The molecular weight excluding hydrogens is 300 g/mol. The molecule has 4 heteroatoms. The summed E-state index contributed by atoms with van der Waals surface area (Å²) in [6.45, 7) is 2.93. The van der Waals surface area contributed by atoms with Crippen molar-refractivity contribution in [1.82, 2.24) is 4.98 Å². The lowest BCUT2D eigenvalue weighted by Gasteiger charge is -2.10. The van der Waals surface area contributed by atoms with E-state index in [2.05, 4.69) is 17.1 Å². The van der Waals surface area contributed by atoms with Crippen molar-refractivity contribution in [3.63, 3.8) is 0 Å². The predicted molar refractivity (Wildman–Crippen MR) is 94.0 cm³/mol. The number of benzene rings is 2. The maximum atomic E-state index is 9.27. The summed E-state index contributed by atoms with van der Waals surface area (Å²) in [4.78, 5) is 4.57. The van der Waals surface area contributed by atoms with Crippen molar-refractivity contribution >= 4 is 10.9 Å². The van der Waals surface area contributed by atoms with Gasteiger partial charge < -0.3 is 9.47 Å². The number of hydrogen-bond donors (Lipinski definition) is 0. The van der Waals surface area contributed by atoms with E-state index in [0.717, 1.165) is 27.7 Å². The molecule has 0 amide bonds. The second-order valence-corrected chi connectivity index (χ2v) is 5.56. The Kier molecular flexibility index (Phi) is 4.74. The predicted octanol–water partition coefficient (Wildman–Crippen LogP) is 4.11. The minimum absolute atomic E-state index is 0.448. The number of pyridine rings is 1. The van der Waals surface area contributed by atoms with Crippen molar-refractivity contribution in [3.8, 4) is 22.9 Å². The Labute approximate surface area is 141 Å². The third kappa shape index (κ3) is 3.53. The zero-order valence-electron chi connectivity index (χ0n) is 13.7. The number of aryl methyl sites for hydroxylation is 1. The molecule has 24 heavy (non-hydrogen) atoms. The minimum atomic E-state index is 0.448. The van der Waals surface area contributed by atoms with Gasteiger partial charge in [-0.1, -0.05) is 18.2 Å². The first-order valence-corrected chi connectivity index (χ1v) is 7.74. The Bertz CT molecular complexity index is 913. The molecule has 0 aliphatic carbocycles. The zero-order chi connectivity index (χ0) is 16.9. The molecule has 0 saturated heterocycles. The van der Waals surface area contributed by atoms with Gasteiger partial charge in [0.25, 0.3) is 0 Å². The van der Waals surface area contributed by atoms with Gasteiger partial charge in [0.15, 0.2) is 0 Å². The average Bonchev–Trinajstić information content (AvgIpc) is 2.61. The highest BCUT2D eigenvalue weighted by Gasteiger charge is 2.06. The van der Waals surface area contributed by atoms with Gasteiger partial charge in [-0.2, -0.15) is 5.26 Å². The monoisotopic (exact) mass is 318 g/mol. The van der Waals surface area contributed by atoms with Crippen LogP contribution in [0.25, 0.3) is 22.0 Å². The van der Waals surface area contributed by atoms with Crippen molar-refractivity contribution in [2.24, 2.45) is 0 Å². The van der Waals surface area contributed by atoms with Gasteiger partial charge in [-0.05, 0) is 48.4 Å². The molecule has 1 heterocycles. The van der Waals surface area contributed by atoms with E-state index in [1.807, 2.05) is 43.3 Å². The van der Waals surface area contributed by atoms with Crippen LogP contribution in [0.3, 0.4) is 0 Å². The molecule has 0 radical (unpaired) electrons. The van der Waals surface area contributed by atoms with E-state index in [1.54, 1.807) is 13.2 Å². The third-order valence-electron chi connectivity index (χ3n) is 3.76. The fourth-order valence-corrected chi connectivity index (χ4v) is 2.56. The summed E-state index contributed by atoms with van der Waals surface area (Å²) < 4.78 is 10.7. The number of aromatic nitrogens is 1. The minimum Gasteiger partial charge on any atom is -0.491 e. The van der Waals surface area contributed by atoms with Crippen LogP contribution in [0.5, 0.6) is 5.75 Å². The van der Waals surface area contributed by atoms with Crippen molar-refractivity contribution in [1.29, 1.82) is 5.26 Å². The normalized spacial score (nSPS) is 10.5. The molecule has 0 saturated carbocycles. The summed E-state index contributed by atoms with van der Waals surface area (Å²) in [6.07, 6.45) is 0. The highest BCUT2D eigenvalue weighted by Crippen LogP contribution is 2.28. The summed E-state index contributed by atoms with van der Waals surface area (Å²) in [5.41, 5.74) is 4.43. The van der Waals surface area contributed by atoms with E-state index in [4.69, 9.17) is 9.47 Å². The lowest BCUT2D eigenvalue weighted by Crippen LogP contribution is -2.04. The van der Waals surface area contributed by atoms with Crippen LogP contribution in [0.2, 0.25) is 0 Å². The van der Waals surface area contributed by atoms with Crippen LogP contribution in [0.1, 0.15) is 11.3 Å². The van der Waals surface area contributed by atoms with E-state index in [0.29, 0.717) is 24.5 Å². The van der Waals surface area contributed by atoms with Gasteiger partial charge in [-0.3, -0.25) is 4.98 Å². The van der Waals surface area contributed by atoms with E-state index >= 15 is 0 Å². The van der Waals surface area contributed by atoms with Crippen LogP contribution < -0.4 is 4.74 Å². The molecule has 120 valence electrons. The molecule has 0 atom stereocenters. The van der Waals surface area contributed by atoms with Crippen LogP contribution >= 0.6 is 0 Å². The van der Waals surface area contributed by atoms with Gasteiger partial charge in [-0.25, -0.2) is 0 Å². The number of hydrogen-bond acceptors (Lipinski definition) is 4. The first-order chi connectivity index (χ1) is 11.7. The van der Waals surface area contributed by atoms with Crippen molar-refractivity contribution in [3.05, 3.63) is 59.8 Å². The van der Waals surface area contributed by atoms with E-state index in [9.17, 15) is 5.26 Å². The van der Waals surface area contributed by atoms with Crippen LogP contribution in [0.15, 0.2) is 48.5 Å². The Morgan fingerprint density at radius 1 is 1.00 bits per heavy atom. The second kappa shape index (κ2) is 7.12. The molecule has 4 nitrogen and oxygen atoms in total. The van der Waals surface area contributed by atoms with Gasteiger partial charge >= 0.3 is 0 Å². The van der Waals surface area contributed by atoms with Gasteiger partial charge in [0.2, 0.25) is 0 Å². The topological polar surface area (TPSA) is 55.1 Å². The number of methoxy groups -OCH3 is 1. The summed E-state index contributed by atoms with van der Waals surface area (Å²) in [5.74, 6) is 0.665. The first-order valence-electron chi connectivity index (χ1n) is 7.74. The molecule has 0 spiro atoms. The quantitative estimate of drug-likeness (QED) is 0.664. The fourth-order valence-electron chi connectivity index (χ4n) is 2.56. The summed E-state index contributed by atoms with van der Waals surface area (Å²) in [6, 6.07) is 17.9. The number of nitriles is 1. The van der Waals surface area contributed by atoms with Crippen LogP contribution in [-0.2, 0) is 4.74 Å². The second-order valence-electron chi connectivity index (χ2n) is 5.56. The average molecular weight is 318 g/mol. The molecule has 3 rings (SSSR count). The Morgan fingerprint density at radius 3 is 2.62 bits per heavy atom. The van der Waals surface area contributed by atoms with Gasteiger partial charge in [0, 0.05) is 18.2 Å². The molecule has 3 aromatic rings. The SMILES string of the molecule is COCCOc1cc(C#N)cc(-c2ccc3ccc(C)nc3c2)c1. The largest absolute Gasteiger partial charge is 0.491 e. The molecule has 0 aliphatic heterocycles. The first kappa shape index (κ1) is 16.0. The van der Waals surface area contributed by atoms with Crippen molar-refractivity contribution < 1.29 is 9.47 Å². The van der Waals surface area contributed by atoms with E-state index in [-0.39, 0.29) is 0 Å². The maximum Gasteiger partial charge on any atom is 0.121 e. The Morgan fingerprint density at radius 2 is 1.83 bits per heavy atom. The molecule has 0 fully saturated rings. The van der Waals surface area contributed by atoms with Crippen LogP contribution in [0, 0.1) is 18.3 Å². The lowest BCUT2D eigenvalue weighted by atomic mass is 10.0. The standard InChI is InChI=1S/C20H18N2O2/c1-14-3-4-16-5-6-17(12-20(16)22-14)18-9-15(13-21)10-19(11-18)24-8-7-23-2/h3-6,9-12H,7-8H2,1-2H3. The summed E-state index contributed by atoms with van der Waals surface area (Å²) in [7, 11) is 1.63. The third-order valence-corrected chi connectivity index (χ3v) is 3.76. The number of ether oxygens (including phenoxy) is 2. The van der Waals surface area contributed by atoms with Crippen molar-refractivity contribution in [2.45, 2.75) is 6.92 Å². The highest BCUT2D eigenvalue weighted by molar-refractivity contribution is 5.84. The molecular formula is C20H18N2O2. The van der Waals surface area contributed by atoms with Crippen LogP contribution in [0.4, 0.5) is 0 Å². The number of nitrogens with zero attached hydrogens (tertiary/aromatic N) is 2. The van der Waals surface area contributed by atoms with E-state index in [1.165, 1.54) is 0 Å². The Hall–Kier alpha value is -2.90. The highest BCUT2D eigenvalue weighted by atomic mass is 16.5. The molecule has 0 bridgehead atoms. The van der Waals surface area contributed by atoms with E-state index < -0.39 is 0 Å². The fraction of sp³-hybridized carbons (Fsp3) is 0.200. The molecule has 0 aliphatic rings. The van der Waals surface area contributed by atoms with Gasteiger partial charge in [0.05, 0.1) is 23.8 Å². The molecule has 0 unspecified atom stereocenters. The summed E-state index contributed by atoms with van der Waals surface area (Å²) >= 11 is 0. The van der Waals surface area contributed by atoms with Gasteiger partial charge in [0.1, 0.15) is 12.4 Å². The smallest absolute Gasteiger partial charge is 0.121 e. The molecule has 1 aromatic heterocycles. The molecule has 0 N–H and O–H groups in total. The lowest BCUT2D eigenvalue weighted by molar-refractivity contribution is 0.146. The number of rotatable bonds is 5. The van der Waals surface area contributed by atoms with Crippen molar-refractivity contribution in [2.75, 3.05) is 20.3 Å². The number of fused-ring (bicyclic) bond motifs is 1. The molecule has 2 aromatic carbocycles. The van der Waals surface area contributed by atoms with Gasteiger partial charge in [-0.15, -0.1) is 0 Å². The Balaban J connectivity index is 2.01. The zero-order valence-corrected chi connectivity index (χ0v) is 13.7.